The summed E-state index contributed by atoms with van der Waals surface area (Å²) in [5, 5.41) is 39.9. The van der Waals surface area contributed by atoms with Crippen LogP contribution in [0, 0.1) is 0 Å². The Kier molecular flexibility index (Phi) is 6.29. The van der Waals surface area contributed by atoms with Crippen LogP contribution in [-0.4, -0.2) is 77.9 Å². The lowest BCUT2D eigenvalue weighted by Crippen LogP contribution is -2.57. The van der Waals surface area contributed by atoms with Gasteiger partial charge in [0.15, 0.2) is 0 Å². The molecule has 1 aromatic rings. The molecule has 2 rings (SSSR count). The van der Waals surface area contributed by atoms with Gasteiger partial charge in [0.2, 0.25) is 5.88 Å². The zero-order valence-electron chi connectivity index (χ0n) is 14.9. The van der Waals surface area contributed by atoms with Gasteiger partial charge in [-0.05, 0) is 13.2 Å². The third kappa shape index (κ3) is 3.45. The number of nitrogens with zero attached hydrogens (tertiary/aromatic N) is 3. The second kappa shape index (κ2) is 7.92. The van der Waals surface area contributed by atoms with Crippen LogP contribution in [0.5, 0.6) is 5.88 Å². The van der Waals surface area contributed by atoms with Gasteiger partial charge in [0, 0.05) is 14.1 Å². The van der Waals surface area contributed by atoms with Crippen molar-refractivity contribution in [1.29, 1.82) is 0 Å². The van der Waals surface area contributed by atoms with E-state index in [1.807, 2.05) is 0 Å². The molecule has 0 radical (unpaired) electrons. The zero-order chi connectivity index (χ0) is 19.8. The molecule has 0 spiro atoms. The quantitative estimate of drug-likeness (QED) is 0.423. The Bertz CT molecular complexity index is 817. The van der Waals surface area contributed by atoms with Crippen LogP contribution in [0.4, 0.5) is 0 Å². The Hall–Kier alpha value is -1.66. The highest BCUT2D eigenvalue weighted by Crippen LogP contribution is 2.29. The lowest BCUT2D eigenvalue weighted by atomic mass is 9.98. The number of aliphatic hydroxyl groups is 3. The fraction of sp³-hybridized carbons (Fsp3) is 0.667. The molecule has 0 aliphatic carbocycles. The highest BCUT2D eigenvalue weighted by atomic mass is 32.2. The summed E-state index contributed by atoms with van der Waals surface area (Å²) >= 11 is 1.22. The second-order valence-electron chi connectivity index (χ2n) is 6.05. The summed E-state index contributed by atoms with van der Waals surface area (Å²) in [4.78, 5) is 28.5. The predicted molar refractivity (Wildman–Crippen MR) is 95.9 cm³/mol. The molecule has 10 nitrogen and oxygen atoms in total. The van der Waals surface area contributed by atoms with Crippen molar-refractivity contribution in [2.75, 3.05) is 12.9 Å². The van der Waals surface area contributed by atoms with E-state index in [9.17, 15) is 30.0 Å². The standard InChI is InChI=1S/C15H23N3O7S/c1-6(8-12(22)17(2)15(24)18(3)13(8)23)16-9-11(21)10(20)7(5-19)25-14(9)26-4/h7,9-11,14,19-22H,5H2,1-4H3/t7-,9-,10-,11-,14+/m1/s1. The van der Waals surface area contributed by atoms with E-state index in [1.165, 1.54) is 32.8 Å². The molecular weight excluding hydrogens is 366 g/mol. The van der Waals surface area contributed by atoms with E-state index in [-0.39, 0.29) is 11.3 Å². The summed E-state index contributed by atoms with van der Waals surface area (Å²) in [5.41, 5.74) is -2.19. The van der Waals surface area contributed by atoms with Crippen molar-refractivity contribution < 1.29 is 25.2 Å². The van der Waals surface area contributed by atoms with E-state index in [1.54, 1.807) is 6.26 Å². The molecule has 1 aromatic heterocycles. The Morgan fingerprint density at radius 1 is 1.23 bits per heavy atom. The van der Waals surface area contributed by atoms with Crippen LogP contribution in [0.1, 0.15) is 12.5 Å². The first-order chi connectivity index (χ1) is 12.1. The predicted octanol–water partition coefficient (Wildman–Crippen LogP) is -2.23. The van der Waals surface area contributed by atoms with Crippen molar-refractivity contribution in [2.24, 2.45) is 19.1 Å². The number of hydrogen-bond donors (Lipinski definition) is 4. The van der Waals surface area contributed by atoms with Gasteiger partial charge in [-0.3, -0.25) is 18.9 Å². The van der Waals surface area contributed by atoms with Crippen LogP contribution >= 0.6 is 11.8 Å². The van der Waals surface area contributed by atoms with E-state index in [4.69, 9.17) is 4.74 Å². The third-order valence-electron chi connectivity index (χ3n) is 4.42. The maximum absolute atomic E-state index is 12.4. The zero-order valence-corrected chi connectivity index (χ0v) is 15.7. The lowest BCUT2D eigenvalue weighted by Gasteiger charge is -2.40. The fourth-order valence-corrected chi connectivity index (χ4v) is 3.59. The molecule has 0 amide bonds. The molecule has 0 saturated carbocycles. The normalized spacial score (nSPS) is 29.8. The largest absolute Gasteiger partial charge is 0.494 e. The summed E-state index contributed by atoms with van der Waals surface area (Å²) in [6, 6.07) is -0.941. The van der Waals surface area contributed by atoms with Crippen LogP contribution in [0.15, 0.2) is 14.6 Å². The third-order valence-corrected chi connectivity index (χ3v) is 5.27. The number of aromatic nitrogens is 2. The van der Waals surface area contributed by atoms with Gasteiger partial charge in [-0.15, -0.1) is 11.8 Å². The molecule has 5 atom stereocenters. The summed E-state index contributed by atoms with van der Waals surface area (Å²) in [6.45, 7) is 0.988. The van der Waals surface area contributed by atoms with E-state index < -0.39 is 53.5 Å². The molecule has 0 bridgehead atoms. The van der Waals surface area contributed by atoms with E-state index in [0.29, 0.717) is 0 Å². The minimum Gasteiger partial charge on any atom is -0.494 e. The van der Waals surface area contributed by atoms with Gasteiger partial charge in [-0.1, -0.05) is 0 Å². The lowest BCUT2D eigenvalue weighted by molar-refractivity contribution is -0.165. The van der Waals surface area contributed by atoms with Gasteiger partial charge in [0.1, 0.15) is 35.4 Å². The maximum Gasteiger partial charge on any atom is 0.333 e. The number of rotatable bonds is 4. The molecule has 4 N–H and O–H groups in total. The van der Waals surface area contributed by atoms with E-state index in [0.717, 1.165) is 9.13 Å². The van der Waals surface area contributed by atoms with Crippen LogP contribution in [0.3, 0.4) is 0 Å². The van der Waals surface area contributed by atoms with Gasteiger partial charge in [0.05, 0.1) is 12.3 Å². The van der Waals surface area contributed by atoms with Crippen LogP contribution in [0.2, 0.25) is 0 Å². The van der Waals surface area contributed by atoms with Crippen LogP contribution in [-0.2, 0) is 18.8 Å². The van der Waals surface area contributed by atoms with Crippen LogP contribution in [0.25, 0.3) is 0 Å². The molecule has 11 heteroatoms. The Morgan fingerprint density at radius 2 is 1.85 bits per heavy atom. The second-order valence-corrected chi connectivity index (χ2v) is 6.99. The molecule has 0 aromatic carbocycles. The number of thioether (sulfide) groups is 1. The van der Waals surface area contributed by atoms with Crippen LogP contribution < -0.4 is 11.2 Å². The Balaban J connectivity index is 2.53. The Labute approximate surface area is 153 Å². The van der Waals surface area contributed by atoms with Gasteiger partial charge >= 0.3 is 5.69 Å². The SMILES string of the molecule is CS[C@@H]1O[C@H](CO)[C@@H](O)[C@H](O)[C@H]1N=C(C)c1c(O)n(C)c(=O)n(C)c1=O. The summed E-state index contributed by atoms with van der Waals surface area (Å²) in [5.74, 6) is -0.542. The molecule has 1 fully saturated rings. The molecule has 1 aliphatic heterocycles. The minimum atomic E-state index is -1.36. The highest BCUT2D eigenvalue weighted by molar-refractivity contribution is 7.99. The fourth-order valence-electron chi connectivity index (χ4n) is 2.84. The molecule has 2 heterocycles. The van der Waals surface area contributed by atoms with Crippen molar-refractivity contribution in [2.45, 2.75) is 36.7 Å². The van der Waals surface area contributed by atoms with Gasteiger partial charge < -0.3 is 25.2 Å². The minimum absolute atomic E-state index is 0.0834. The van der Waals surface area contributed by atoms with E-state index in [2.05, 4.69) is 4.99 Å². The maximum atomic E-state index is 12.4. The summed E-state index contributed by atoms with van der Waals surface area (Å²) in [7, 11) is 2.59. The van der Waals surface area contributed by atoms with Gasteiger partial charge in [0.25, 0.3) is 5.56 Å². The highest BCUT2D eigenvalue weighted by Gasteiger charge is 2.44. The van der Waals surface area contributed by atoms with Crippen molar-refractivity contribution in [3.8, 4) is 5.88 Å². The molecule has 146 valence electrons. The number of aliphatic hydroxyl groups excluding tert-OH is 3. The van der Waals surface area contributed by atoms with Crippen molar-refractivity contribution in [3.63, 3.8) is 0 Å². The number of aliphatic imine (C=N–C) groups is 1. The first kappa shape index (κ1) is 20.6. The van der Waals surface area contributed by atoms with Crippen molar-refractivity contribution in [3.05, 3.63) is 26.4 Å². The topological polar surface area (TPSA) is 147 Å². The van der Waals surface area contributed by atoms with Gasteiger partial charge in [-0.25, -0.2) is 4.79 Å². The summed E-state index contributed by atoms with van der Waals surface area (Å²) in [6.07, 6.45) is -1.94. The molecular formula is C15H23N3O7S. The monoisotopic (exact) mass is 389 g/mol. The average Bonchev–Trinajstić information content (AvgIpc) is 2.62. The van der Waals surface area contributed by atoms with E-state index >= 15 is 0 Å². The average molecular weight is 389 g/mol. The van der Waals surface area contributed by atoms with Gasteiger partial charge in [-0.2, -0.15) is 0 Å². The molecule has 26 heavy (non-hydrogen) atoms. The first-order valence-electron chi connectivity index (χ1n) is 7.84. The smallest absolute Gasteiger partial charge is 0.333 e. The first-order valence-corrected chi connectivity index (χ1v) is 9.13. The number of aromatic hydroxyl groups is 1. The molecule has 1 aliphatic rings. The van der Waals surface area contributed by atoms with Crippen molar-refractivity contribution in [1.82, 2.24) is 9.13 Å². The number of ether oxygens (including phenoxy) is 1. The Morgan fingerprint density at radius 3 is 2.38 bits per heavy atom. The summed E-state index contributed by atoms with van der Waals surface area (Å²) < 4.78 is 7.29. The molecule has 0 unspecified atom stereocenters. The van der Waals surface area contributed by atoms with Crippen molar-refractivity contribution >= 4 is 17.5 Å². The number of hydrogen-bond acceptors (Lipinski definition) is 9. The molecule has 1 saturated heterocycles.